The number of nitrogens with zero attached hydrogens (tertiary/aromatic N) is 1. The number of ether oxygens (including phenoxy) is 1. The van der Waals surface area contributed by atoms with E-state index in [9.17, 15) is 4.79 Å². The zero-order valence-electron chi connectivity index (χ0n) is 11.2. The van der Waals surface area contributed by atoms with Gasteiger partial charge in [-0.3, -0.25) is 0 Å². The summed E-state index contributed by atoms with van der Waals surface area (Å²) in [5.74, 6) is 0. The molecule has 0 saturated heterocycles. The lowest BCUT2D eigenvalue weighted by Crippen LogP contribution is -2.14. The van der Waals surface area contributed by atoms with E-state index in [1.807, 2.05) is 67.6 Å². The molecule has 0 saturated carbocycles. The minimum atomic E-state index is -0.340. The van der Waals surface area contributed by atoms with Crippen LogP contribution in [-0.2, 0) is 4.74 Å². The first-order valence-electron chi connectivity index (χ1n) is 6.64. The van der Waals surface area contributed by atoms with Crippen molar-refractivity contribution in [2.45, 2.75) is 6.92 Å². The first-order valence-corrected chi connectivity index (χ1v) is 6.64. The smallest absolute Gasteiger partial charge is 0.418 e. The molecule has 0 N–H and O–H groups in total. The number of hydrogen-bond acceptors (Lipinski definition) is 2. The predicted molar refractivity (Wildman–Crippen MR) is 79.8 cm³/mol. The van der Waals surface area contributed by atoms with Crippen LogP contribution < -0.4 is 0 Å². The van der Waals surface area contributed by atoms with Gasteiger partial charge in [0.15, 0.2) is 0 Å². The number of carbonyl (C=O) groups is 1. The third kappa shape index (κ3) is 2.07. The molecular weight excluding hydrogens is 250 g/mol. The lowest BCUT2D eigenvalue weighted by Gasteiger charge is -2.09. The van der Waals surface area contributed by atoms with Gasteiger partial charge in [0, 0.05) is 5.39 Å². The number of aromatic nitrogens is 1. The molecular formula is C17H15NO2. The van der Waals surface area contributed by atoms with Gasteiger partial charge in [-0.25, -0.2) is 9.36 Å². The second kappa shape index (κ2) is 5.21. The fourth-order valence-electron chi connectivity index (χ4n) is 2.36. The molecule has 0 amide bonds. The molecule has 100 valence electrons. The van der Waals surface area contributed by atoms with Crippen molar-refractivity contribution in [1.82, 2.24) is 4.57 Å². The number of para-hydroxylation sites is 1. The zero-order chi connectivity index (χ0) is 13.9. The Morgan fingerprint density at radius 2 is 1.75 bits per heavy atom. The molecule has 3 heteroatoms. The van der Waals surface area contributed by atoms with Crippen molar-refractivity contribution in [2.75, 3.05) is 6.61 Å². The van der Waals surface area contributed by atoms with Crippen LogP contribution in [-0.4, -0.2) is 17.3 Å². The molecule has 0 fully saturated rings. The maximum absolute atomic E-state index is 12.3. The first kappa shape index (κ1) is 12.5. The van der Waals surface area contributed by atoms with Crippen LogP contribution >= 0.6 is 0 Å². The van der Waals surface area contributed by atoms with Crippen molar-refractivity contribution in [2.24, 2.45) is 0 Å². The molecule has 20 heavy (non-hydrogen) atoms. The average Bonchev–Trinajstić information content (AvgIpc) is 2.88. The van der Waals surface area contributed by atoms with E-state index >= 15 is 0 Å². The van der Waals surface area contributed by atoms with Gasteiger partial charge in [0.1, 0.15) is 0 Å². The van der Waals surface area contributed by atoms with Gasteiger partial charge in [-0.2, -0.15) is 0 Å². The van der Waals surface area contributed by atoms with Crippen LogP contribution in [0.1, 0.15) is 6.92 Å². The molecule has 1 aromatic heterocycles. The summed E-state index contributed by atoms with van der Waals surface area (Å²) < 4.78 is 6.81. The summed E-state index contributed by atoms with van der Waals surface area (Å²) in [5.41, 5.74) is 2.71. The van der Waals surface area contributed by atoms with Gasteiger partial charge in [-0.05, 0) is 24.6 Å². The zero-order valence-corrected chi connectivity index (χ0v) is 11.2. The lowest BCUT2D eigenvalue weighted by atomic mass is 10.1. The molecule has 0 aliphatic carbocycles. The van der Waals surface area contributed by atoms with E-state index in [0.29, 0.717) is 6.61 Å². The lowest BCUT2D eigenvalue weighted by molar-refractivity contribution is 0.155. The molecule has 2 aromatic carbocycles. The van der Waals surface area contributed by atoms with Gasteiger partial charge >= 0.3 is 6.09 Å². The predicted octanol–water partition coefficient (Wildman–Crippen LogP) is 4.31. The van der Waals surface area contributed by atoms with Crippen LogP contribution in [0.2, 0.25) is 0 Å². The van der Waals surface area contributed by atoms with E-state index in [-0.39, 0.29) is 6.09 Å². The number of rotatable bonds is 2. The SMILES string of the molecule is CCOC(=O)n1c(-c2ccccc2)cc2ccccc21. The Morgan fingerprint density at radius 1 is 1.05 bits per heavy atom. The molecule has 3 nitrogen and oxygen atoms in total. The quantitative estimate of drug-likeness (QED) is 0.691. The summed E-state index contributed by atoms with van der Waals surface area (Å²) in [4.78, 5) is 12.3. The van der Waals surface area contributed by atoms with Crippen LogP contribution in [0, 0.1) is 0 Å². The van der Waals surface area contributed by atoms with Crippen molar-refractivity contribution in [3.63, 3.8) is 0 Å². The first-order chi connectivity index (χ1) is 9.81. The van der Waals surface area contributed by atoms with E-state index in [1.54, 1.807) is 4.57 Å². The van der Waals surface area contributed by atoms with E-state index in [1.165, 1.54) is 0 Å². The maximum atomic E-state index is 12.3. The Bertz CT molecular complexity index is 744. The highest BCUT2D eigenvalue weighted by molar-refractivity contribution is 5.96. The number of carbonyl (C=O) groups excluding carboxylic acids is 1. The van der Waals surface area contributed by atoms with Gasteiger partial charge in [0.05, 0.1) is 17.8 Å². The summed E-state index contributed by atoms with van der Waals surface area (Å²) in [6, 6.07) is 19.7. The van der Waals surface area contributed by atoms with E-state index in [4.69, 9.17) is 4.74 Å². The van der Waals surface area contributed by atoms with Crippen molar-refractivity contribution in [3.05, 3.63) is 60.7 Å². The van der Waals surface area contributed by atoms with Crippen molar-refractivity contribution in [3.8, 4) is 11.3 Å². The average molecular weight is 265 g/mol. The van der Waals surface area contributed by atoms with Gasteiger partial charge < -0.3 is 4.74 Å². The molecule has 1 heterocycles. The highest BCUT2D eigenvalue weighted by atomic mass is 16.5. The number of hydrogen-bond donors (Lipinski definition) is 0. The van der Waals surface area contributed by atoms with Crippen molar-refractivity contribution >= 4 is 17.0 Å². The fourth-order valence-corrected chi connectivity index (χ4v) is 2.36. The minimum absolute atomic E-state index is 0.340. The van der Waals surface area contributed by atoms with E-state index in [2.05, 4.69) is 0 Å². The third-order valence-electron chi connectivity index (χ3n) is 3.23. The van der Waals surface area contributed by atoms with Gasteiger partial charge in [0.25, 0.3) is 0 Å². The van der Waals surface area contributed by atoms with Crippen LogP contribution in [0.15, 0.2) is 60.7 Å². The van der Waals surface area contributed by atoms with E-state index in [0.717, 1.165) is 22.2 Å². The highest BCUT2D eigenvalue weighted by Crippen LogP contribution is 2.28. The topological polar surface area (TPSA) is 31.2 Å². The molecule has 0 bridgehead atoms. The molecule has 0 atom stereocenters. The van der Waals surface area contributed by atoms with Crippen LogP contribution in [0.25, 0.3) is 22.2 Å². The monoisotopic (exact) mass is 265 g/mol. The summed E-state index contributed by atoms with van der Waals surface area (Å²) in [6.07, 6.45) is -0.340. The number of benzene rings is 2. The molecule has 0 aliphatic rings. The summed E-state index contributed by atoms with van der Waals surface area (Å²) >= 11 is 0. The largest absolute Gasteiger partial charge is 0.449 e. The van der Waals surface area contributed by atoms with Crippen molar-refractivity contribution in [1.29, 1.82) is 0 Å². The van der Waals surface area contributed by atoms with E-state index < -0.39 is 0 Å². The fraction of sp³-hybridized carbons (Fsp3) is 0.118. The Labute approximate surface area is 117 Å². The minimum Gasteiger partial charge on any atom is -0.449 e. The van der Waals surface area contributed by atoms with Gasteiger partial charge in [-0.1, -0.05) is 48.5 Å². The molecule has 0 radical (unpaired) electrons. The molecule has 0 unspecified atom stereocenters. The second-order valence-corrected chi connectivity index (χ2v) is 4.49. The van der Waals surface area contributed by atoms with Gasteiger partial charge in [0.2, 0.25) is 0 Å². The molecule has 3 aromatic rings. The Balaban J connectivity index is 2.25. The summed E-state index contributed by atoms with van der Waals surface area (Å²) in [7, 11) is 0. The maximum Gasteiger partial charge on any atom is 0.418 e. The van der Waals surface area contributed by atoms with Crippen LogP contribution in [0.4, 0.5) is 4.79 Å². The van der Waals surface area contributed by atoms with Crippen LogP contribution in [0.5, 0.6) is 0 Å². The summed E-state index contributed by atoms with van der Waals surface area (Å²) in [6.45, 7) is 2.17. The molecule has 0 spiro atoms. The number of fused-ring (bicyclic) bond motifs is 1. The molecule has 0 aliphatic heterocycles. The third-order valence-corrected chi connectivity index (χ3v) is 3.23. The Kier molecular flexibility index (Phi) is 3.25. The second-order valence-electron chi connectivity index (χ2n) is 4.49. The van der Waals surface area contributed by atoms with Crippen molar-refractivity contribution < 1.29 is 9.53 Å². The summed E-state index contributed by atoms with van der Waals surface area (Å²) in [5, 5.41) is 1.03. The normalized spacial score (nSPS) is 10.7. The Hall–Kier alpha value is -2.55. The standard InChI is InChI=1S/C17H15NO2/c1-2-20-17(19)18-15-11-7-6-10-14(15)12-16(18)13-8-4-3-5-9-13/h3-12H,2H2,1H3. The Morgan fingerprint density at radius 3 is 2.50 bits per heavy atom. The van der Waals surface area contributed by atoms with Crippen LogP contribution in [0.3, 0.4) is 0 Å². The van der Waals surface area contributed by atoms with Gasteiger partial charge in [-0.15, -0.1) is 0 Å². The molecule has 3 rings (SSSR count). The highest BCUT2D eigenvalue weighted by Gasteiger charge is 2.16.